The number of nitrogens with two attached hydrogens (primary N) is 1. The van der Waals surface area contributed by atoms with Gasteiger partial charge in [0.15, 0.2) is 12.2 Å². The van der Waals surface area contributed by atoms with Gasteiger partial charge in [-0.2, -0.15) is 0 Å². The van der Waals surface area contributed by atoms with Crippen LogP contribution >= 0.6 is 68.8 Å². The normalized spacial score (nSPS) is 13.7. The van der Waals surface area contributed by atoms with Crippen LogP contribution in [0.2, 0.25) is 15.1 Å². The summed E-state index contributed by atoms with van der Waals surface area (Å²) in [5, 5.41) is 44.8. The Hall–Kier alpha value is -10.2. The van der Waals surface area contributed by atoms with E-state index in [0.29, 0.717) is 68.5 Å². The van der Waals surface area contributed by atoms with Gasteiger partial charge in [-0.25, -0.2) is 5.43 Å². The van der Waals surface area contributed by atoms with Crippen LogP contribution in [0.5, 0.6) is 0 Å². The molecule has 0 bridgehead atoms. The summed E-state index contributed by atoms with van der Waals surface area (Å²) in [5.41, 5.74) is 22.1. The average Bonchev–Trinajstić information content (AvgIpc) is 1.60. The van der Waals surface area contributed by atoms with E-state index in [4.69, 9.17) is 50.0 Å². The van der Waals surface area contributed by atoms with E-state index in [1.165, 1.54) is 60.8 Å². The molecule has 14 rings (SSSR count). The first-order valence-electron chi connectivity index (χ1n) is 36.6. The molecule has 4 aliphatic heterocycles. The molecular formula is C92H122Cl3N11O11S3. The third-order valence-corrected chi connectivity index (χ3v) is 22.0. The van der Waals surface area contributed by atoms with Gasteiger partial charge in [0.25, 0.3) is 23.6 Å². The van der Waals surface area contributed by atoms with Gasteiger partial charge in [0.05, 0.1) is 35.8 Å². The second-order valence-electron chi connectivity index (χ2n) is 26.2. The number of anilines is 4. The highest BCUT2D eigenvalue weighted by atomic mass is 35.5. The summed E-state index contributed by atoms with van der Waals surface area (Å²) < 4.78 is 10.6. The molecule has 0 unspecified atom stereocenters. The second kappa shape index (κ2) is 54.2. The Labute approximate surface area is 738 Å². The Balaban J connectivity index is 0.000000545. The minimum Gasteiger partial charge on any atom is -0.448 e. The largest absolute Gasteiger partial charge is 0.448 e. The van der Waals surface area contributed by atoms with Crippen LogP contribution < -0.4 is 47.3 Å². The molecular weight excluding hydrogens is 1640 g/mol. The molecule has 4 saturated heterocycles. The number of aliphatic hydroxyl groups excluding tert-OH is 2. The first kappa shape index (κ1) is 106. The lowest BCUT2D eigenvalue weighted by atomic mass is 10.1. The molecule has 4 fully saturated rings. The molecule has 22 nitrogen and oxygen atoms in total. The quantitative estimate of drug-likeness (QED) is 0.0293. The van der Waals surface area contributed by atoms with Gasteiger partial charge >= 0.3 is 11.9 Å². The summed E-state index contributed by atoms with van der Waals surface area (Å²) in [6.45, 7) is 8.12. The predicted octanol–water partition coefficient (Wildman–Crippen LogP) is 18.0. The Morgan fingerprint density at radius 1 is 0.442 bits per heavy atom. The number of carbonyl (C=O) groups excluding carboxylic acids is 7. The molecule has 7 aromatic carbocycles. The fourth-order valence-electron chi connectivity index (χ4n) is 12.5. The first-order chi connectivity index (χ1) is 54.3. The molecule has 0 saturated carbocycles. The lowest BCUT2D eigenvalue weighted by Crippen LogP contribution is -2.56. The van der Waals surface area contributed by atoms with Crippen LogP contribution in [0, 0.1) is 0 Å². The SMILES string of the molecule is C.C.C.C.C.C.C.C.CC(=O)O[C@@H](C(=O)NCc1cc(Cc2ccccc2Cl)cs1)[C@@H](OC(C)=O)C(=O)N1CCCN1c1ccccc1.NCc1cc(Cc2ccccc2Cl)cs1.O=C(NCc1cc(Cc2ccccc2Cl)cs1)[C@H](O)[C@@H](O)C(=O)N1CCCN1c1ccccc1.O=C1CCN(c2ccccc2)N1.c1ccc(N2CCCN2)cc1. The standard InChI is InChI=1S/C29H30ClN3O6S.C25H26ClN3O4S.C12H12ClNS.C9H10N2O.C9H12N2.8CH4/c1-19(34)38-26(28(36)31-17-24-16-21(18-40-24)15-22-9-6-7-12-25(22)30)27(39-20(2)35)29(37)33-14-8-13-32(33)23-10-4-3-5-11-23;26-21-10-5-4-7-18(21)13-17-14-20(34-16-17)15-27-24(32)22(30)23(31)25(33)29-12-6-11-28(29)19-8-2-1-3-9-19;13-12-4-2-1-3-10(12)5-9-6-11(7-14)15-8-9;12-9-6-7-11(10-9)8-4-2-1-3-5-8;1-2-5-9(6-3-1)11-8-4-7-10-11;;;;;;;;/h3-7,9-12,16,18,26-27H,8,13-15,17H2,1-2H3,(H,31,36);1-5,7-10,14,16,22-23,30-31H,6,11-13,15H2,(H,27,32);1-4,6,8H,5,7,14H2;1-5H,6-7H2,(H,10,12);1-3,5-6,10H,4,7-8H2;8*1H4/t26-,27-;22-,23-;;;;;;;;;;;/m11.........../s1. The number of benzene rings is 7. The van der Waals surface area contributed by atoms with Gasteiger partial charge in [0.2, 0.25) is 18.1 Å². The number of thiophene rings is 3. The van der Waals surface area contributed by atoms with Crippen LogP contribution in [0.4, 0.5) is 22.7 Å². The number of hydrazine groups is 4. The molecule has 10 aromatic rings. The van der Waals surface area contributed by atoms with Crippen LogP contribution in [0.25, 0.3) is 0 Å². The molecule has 0 aliphatic carbocycles. The highest BCUT2D eigenvalue weighted by molar-refractivity contribution is 7.10. The number of nitrogens with zero attached hydrogens (tertiary/aromatic N) is 6. The number of carbonyl (C=O) groups is 7. The number of esters is 2. The van der Waals surface area contributed by atoms with Crippen LogP contribution in [0.15, 0.2) is 228 Å². The van der Waals surface area contributed by atoms with Crippen molar-refractivity contribution >= 4 is 133 Å². The highest BCUT2D eigenvalue weighted by Crippen LogP contribution is 2.29. The molecule has 3 aromatic heterocycles. The fraction of sp³-hybridized carbons (Fsp3) is 0.337. The molecule has 120 heavy (non-hydrogen) atoms. The summed E-state index contributed by atoms with van der Waals surface area (Å²) in [6.07, 6.45) is -1.63. The van der Waals surface area contributed by atoms with Gasteiger partial charge < -0.3 is 41.1 Å². The van der Waals surface area contributed by atoms with E-state index in [1.54, 1.807) is 21.4 Å². The maximum Gasteiger partial charge on any atom is 0.303 e. The van der Waals surface area contributed by atoms with Gasteiger partial charge in [0.1, 0.15) is 0 Å². The van der Waals surface area contributed by atoms with Crippen molar-refractivity contribution in [2.24, 2.45) is 5.73 Å². The summed E-state index contributed by atoms with van der Waals surface area (Å²) in [5.74, 6) is -4.38. The summed E-state index contributed by atoms with van der Waals surface area (Å²) >= 11 is 23.2. The Morgan fingerprint density at radius 2 is 0.808 bits per heavy atom. The lowest BCUT2D eigenvalue weighted by Gasteiger charge is -2.34. The zero-order valence-corrected chi connectivity index (χ0v) is 66.7. The zero-order valence-electron chi connectivity index (χ0n) is 62.0. The molecule has 7 heterocycles. The Morgan fingerprint density at radius 3 is 1.18 bits per heavy atom. The maximum absolute atomic E-state index is 13.7. The van der Waals surface area contributed by atoms with Crippen LogP contribution in [0.3, 0.4) is 0 Å². The van der Waals surface area contributed by atoms with Gasteiger partial charge in [0, 0.05) is 102 Å². The molecule has 8 N–H and O–H groups in total. The molecule has 4 aliphatic rings. The molecule has 28 heteroatoms. The maximum atomic E-state index is 13.7. The van der Waals surface area contributed by atoms with E-state index in [0.717, 1.165) is 100 Å². The number of rotatable bonds is 23. The predicted molar refractivity (Wildman–Crippen MR) is 497 cm³/mol. The Bertz CT molecular complexity index is 4700. The number of hydrogen-bond donors (Lipinski definition) is 7. The van der Waals surface area contributed by atoms with Crippen molar-refractivity contribution in [3.63, 3.8) is 0 Å². The molecule has 5 amide bonds. The van der Waals surface area contributed by atoms with E-state index in [-0.39, 0.29) is 78.4 Å². The highest BCUT2D eigenvalue weighted by Gasteiger charge is 2.44. The third-order valence-electron chi connectivity index (χ3n) is 17.9. The fourth-order valence-corrected chi connectivity index (χ4v) is 15.5. The summed E-state index contributed by atoms with van der Waals surface area (Å²) in [6, 6.07) is 68.0. The number of ether oxygens (including phenoxy) is 2. The van der Waals surface area contributed by atoms with Crippen molar-refractivity contribution in [2.45, 2.75) is 162 Å². The van der Waals surface area contributed by atoms with Crippen molar-refractivity contribution < 1.29 is 53.2 Å². The van der Waals surface area contributed by atoms with Gasteiger partial charge in [-0.3, -0.25) is 64.0 Å². The van der Waals surface area contributed by atoms with E-state index in [9.17, 15) is 43.8 Å². The third kappa shape index (κ3) is 31.4. The van der Waals surface area contributed by atoms with Crippen molar-refractivity contribution in [1.82, 2.24) is 31.5 Å². The van der Waals surface area contributed by atoms with Crippen molar-refractivity contribution in [2.75, 3.05) is 65.8 Å². The zero-order chi connectivity index (χ0) is 79.3. The monoisotopic (exact) mass is 1760 g/mol. The number of para-hydroxylation sites is 4. The lowest BCUT2D eigenvalue weighted by molar-refractivity contribution is -0.178. The first-order valence-corrected chi connectivity index (χ1v) is 40.4. The number of halogens is 3. The van der Waals surface area contributed by atoms with E-state index in [1.807, 2.05) is 192 Å². The topological polar surface area (TPSA) is 272 Å². The Kier molecular flexibility index (Phi) is 47.8. The summed E-state index contributed by atoms with van der Waals surface area (Å²) in [4.78, 5) is 90.1. The van der Waals surface area contributed by atoms with Crippen molar-refractivity contribution in [3.8, 4) is 0 Å². The van der Waals surface area contributed by atoms with Gasteiger partial charge in [-0.05, 0) is 173 Å². The van der Waals surface area contributed by atoms with Crippen molar-refractivity contribution in [3.05, 3.63) is 292 Å². The van der Waals surface area contributed by atoms with E-state index in [2.05, 4.69) is 68.3 Å². The van der Waals surface area contributed by atoms with Crippen LogP contribution in [0.1, 0.15) is 147 Å². The van der Waals surface area contributed by atoms with Crippen molar-refractivity contribution in [1.29, 1.82) is 0 Å². The number of aliphatic hydroxyl groups is 2. The average molecular weight is 1760 g/mol. The van der Waals surface area contributed by atoms with E-state index < -0.39 is 60.0 Å². The van der Waals surface area contributed by atoms with E-state index >= 15 is 0 Å². The minimum atomic E-state index is -1.87. The number of nitrogens with one attached hydrogen (secondary N) is 4. The molecule has 4 atom stereocenters. The second-order valence-corrected chi connectivity index (χ2v) is 30.4. The molecule has 650 valence electrons. The molecule has 0 radical (unpaired) electrons. The van der Waals surface area contributed by atoms with Crippen LogP contribution in [-0.4, -0.2) is 132 Å². The minimum absolute atomic E-state index is 0. The number of amides is 5. The smallest absolute Gasteiger partial charge is 0.303 e. The van der Waals surface area contributed by atoms with Gasteiger partial charge in [-0.15, -0.1) is 34.0 Å². The molecule has 0 spiro atoms. The van der Waals surface area contributed by atoms with Crippen LogP contribution in [-0.2, 0) is 81.9 Å². The summed E-state index contributed by atoms with van der Waals surface area (Å²) in [7, 11) is 0. The van der Waals surface area contributed by atoms with Gasteiger partial charge in [-0.1, -0.05) is 222 Å². The number of hydrogen-bond acceptors (Lipinski definition) is 20.